The van der Waals surface area contributed by atoms with Crippen molar-refractivity contribution in [3.8, 4) is 5.75 Å². The Kier molecular flexibility index (Phi) is 4.93. The van der Waals surface area contributed by atoms with Gasteiger partial charge in [-0.25, -0.2) is 0 Å². The molecule has 0 radical (unpaired) electrons. The minimum Gasteiger partial charge on any atom is -0.376 e. The molecule has 1 aliphatic rings. The second-order valence-corrected chi connectivity index (χ2v) is 7.06. The normalized spacial score (nSPS) is 21.4. The molecule has 9 heteroatoms. The summed E-state index contributed by atoms with van der Waals surface area (Å²) in [6, 6.07) is 3.81. The van der Waals surface area contributed by atoms with Gasteiger partial charge < -0.3 is 9.50 Å². The van der Waals surface area contributed by atoms with E-state index in [1.165, 1.54) is 19.1 Å². The zero-order valence-corrected chi connectivity index (χ0v) is 13.6. The largest absolute Gasteiger partial charge is 0.534 e. The van der Waals surface area contributed by atoms with E-state index in [-0.39, 0.29) is 23.4 Å². The zero-order valence-electron chi connectivity index (χ0n) is 12.8. The number of amides is 1. The predicted molar refractivity (Wildman–Crippen MR) is 80.6 cm³/mol. The summed E-state index contributed by atoms with van der Waals surface area (Å²) in [6.07, 6.45) is 2.72. The third-order valence-corrected chi connectivity index (χ3v) is 4.71. The molecule has 1 aromatic carbocycles. The van der Waals surface area contributed by atoms with Crippen LogP contribution in [-0.2, 0) is 14.9 Å². The Morgan fingerprint density at radius 3 is 2.62 bits per heavy atom. The van der Waals surface area contributed by atoms with Gasteiger partial charge in [0.2, 0.25) is 5.91 Å². The molecule has 0 unspecified atom stereocenters. The van der Waals surface area contributed by atoms with Gasteiger partial charge in [0.1, 0.15) is 5.75 Å². The first kappa shape index (κ1) is 18.3. The maximum Gasteiger partial charge on any atom is 0.534 e. The van der Waals surface area contributed by atoms with Gasteiger partial charge in [0, 0.05) is 5.92 Å². The van der Waals surface area contributed by atoms with E-state index in [9.17, 15) is 26.4 Å². The third kappa shape index (κ3) is 3.72. The highest BCUT2D eigenvalue weighted by Crippen LogP contribution is 2.34. The van der Waals surface area contributed by atoms with Crippen LogP contribution in [-0.4, -0.2) is 19.8 Å². The molecule has 0 saturated carbocycles. The molecule has 24 heavy (non-hydrogen) atoms. The van der Waals surface area contributed by atoms with Crippen LogP contribution in [0.4, 0.5) is 13.2 Å². The van der Waals surface area contributed by atoms with E-state index in [4.69, 9.17) is 0 Å². The number of nitrogens with one attached hydrogen (secondary N) is 1. The summed E-state index contributed by atoms with van der Waals surface area (Å²) < 4.78 is 63.4. The van der Waals surface area contributed by atoms with Crippen LogP contribution in [0.1, 0.15) is 30.0 Å². The van der Waals surface area contributed by atoms with Crippen LogP contribution < -0.4 is 9.50 Å². The van der Waals surface area contributed by atoms with Crippen molar-refractivity contribution in [3.05, 3.63) is 42.0 Å². The Bertz CT molecular complexity index is 758. The molecular weight excluding hydrogens is 347 g/mol. The van der Waals surface area contributed by atoms with Crippen LogP contribution in [0.15, 0.2) is 30.9 Å². The Hall–Kier alpha value is -2.03. The number of halogens is 3. The quantitative estimate of drug-likeness (QED) is 0.496. The standard InChI is InChI=1S/C15H16F3NO4S/c1-3-4-11-8-12(19-14(11)20)10-5-6-13(9(2)7-10)23-24(21,22)15(16,17)18/h3,5-7,11-12H,1,4,8H2,2H3,(H,19,20)/t11-,12+/m1/s1. The van der Waals surface area contributed by atoms with E-state index in [1.807, 2.05) is 0 Å². The van der Waals surface area contributed by atoms with Gasteiger partial charge in [0.15, 0.2) is 0 Å². The van der Waals surface area contributed by atoms with Crippen molar-refractivity contribution in [3.63, 3.8) is 0 Å². The fraction of sp³-hybridized carbons (Fsp3) is 0.400. The summed E-state index contributed by atoms with van der Waals surface area (Å²) in [7, 11) is -5.71. The summed E-state index contributed by atoms with van der Waals surface area (Å²) in [4.78, 5) is 11.8. The lowest BCUT2D eigenvalue weighted by Crippen LogP contribution is -2.28. The van der Waals surface area contributed by atoms with Crippen LogP contribution >= 0.6 is 0 Å². The van der Waals surface area contributed by atoms with Crippen LogP contribution in [0.2, 0.25) is 0 Å². The number of alkyl halides is 3. The van der Waals surface area contributed by atoms with Crippen LogP contribution in [0.5, 0.6) is 5.75 Å². The summed E-state index contributed by atoms with van der Waals surface area (Å²) in [5, 5.41) is 2.80. The van der Waals surface area contributed by atoms with Gasteiger partial charge in [-0.1, -0.05) is 18.2 Å². The number of carbonyl (C=O) groups is 1. The number of hydrogen-bond acceptors (Lipinski definition) is 4. The van der Waals surface area contributed by atoms with E-state index < -0.39 is 21.4 Å². The molecule has 2 atom stereocenters. The Morgan fingerprint density at radius 1 is 1.42 bits per heavy atom. The first-order valence-electron chi connectivity index (χ1n) is 7.07. The van der Waals surface area contributed by atoms with Crippen molar-refractivity contribution in [1.82, 2.24) is 5.32 Å². The third-order valence-electron chi connectivity index (χ3n) is 3.74. The molecule has 1 fully saturated rings. The topological polar surface area (TPSA) is 72.5 Å². The fourth-order valence-corrected chi connectivity index (χ4v) is 3.03. The predicted octanol–water partition coefficient (Wildman–Crippen LogP) is 2.98. The van der Waals surface area contributed by atoms with Crippen molar-refractivity contribution < 1.29 is 30.6 Å². The number of benzene rings is 1. The molecule has 2 rings (SSSR count). The number of hydrogen-bond donors (Lipinski definition) is 1. The summed E-state index contributed by atoms with van der Waals surface area (Å²) >= 11 is 0. The van der Waals surface area contributed by atoms with Crippen molar-refractivity contribution in [2.24, 2.45) is 5.92 Å². The summed E-state index contributed by atoms with van der Waals surface area (Å²) in [5.74, 6) is -0.713. The van der Waals surface area contributed by atoms with E-state index in [0.29, 0.717) is 18.4 Å². The lowest BCUT2D eigenvalue weighted by Gasteiger charge is -2.15. The monoisotopic (exact) mass is 363 g/mol. The summed E-state index contributed by atoms with van der Waals surface area (Å²) in [5.41, 5.74) is -4.60. The van der Waals surface area contributed by atoms with Gasteiger partial charge in [-0.15, -0.1) is 6.58 Å². The highest BCUT2D eigenvalue weighted by atomic mass is 32.2. The number of aryl methyl sites for hydroxylation is 1. The molecule has 0 aromatic heterocycles. The van der Waals surface area contributed by atoms with Crippen molar-refractivity contribution >= 4 is 16.0 Å². The molecule has 0 spiro atoms. The zero-order chi connectivity index (χ0) is 18.1. The first-order chi connectivity index (χ1) is 11.0. The fourth-order valence-electron chi connectivity index (χ4n) is 2.51. The molecular formula is C15H16F3NO4S. The smallest absolute Gasteiger partial charge is 0.376 e. The molecule has 0 aliphatic carbocycles. The van der Waals surface area contributed by atoms with Gasteiger partial charge in [0.05, 0.1) is 6.04 Å². The van der Waals surface area contributed by atoms with E-state index in [1.54, 1.807) is 6.08 Å². The highest BCUT2D eigenvalue weighted by Gasteiger charge is 2.48. The average Bonchev–Trinajstić information content (AvgIpc) is 2.81. The molecule has 1 N–H and O–H groups in total. The van der Waals surface area contributed by atoms with E-state index in [0.717, 1.165) is 6.07 Å². The van der Waals surface area contributed by atoms with Crippen molar-refractivity contribution in [1.29, 1.82) is 0 Å². The lowest BCUT2D eigenvalue weighted by atomic mass is 9.96. The lowest BCUT2D eigenvalue weighted by molar-refractivity contribution is -0.122. The highest BCUT2D eigenvalue weighted by molar-refractivity contribution is 7.88. The molecule has 5 nitrogen and oxygen atoms in total. The van der Waals surface area contributed by atoms with E-state index >= 15 is 0 Å². The molecule has 1 heterocycles. The summed E-state index contributed by atoms with van der Waals surface area (Å²) in [6.45, 7) is 5.02. The number of carbonyl (C=O) groups excluding carboxylic acids is 1. The molecule has 1 amide bonds. The Balaban J connectivity index is 2.19. The van der Waals surface area contributed by atoms with Crippen LogP contribution in [0.3, 0.4) is 0 Å². The maximum absolute atomic E-state index is 12.4. The second-order valence-electron chi connectivity index (χ2n) is 5.53. The molecule has 132 valence electrons. The van der Waals surface area contributed by atoms with E-state index in [2.05, 4.69) is 16.1 Å². The molecule has 1 saturated heterocycles. The number of allylic oxidation sites excluding steroid dienone is 1. The maximum atomic E-state index is 12.4. The van der Waals surface area contributed by atoms with Crippen LogP contribution in [0.25, 0.3) is 0 Å². The average molecular weight is 363 g/mol. The second kappa shape index (κ2) is 6.46. The Labute approximate surface area is 137 Å². The minimum atomic E-state index is -5.71. The van der Waals surface area contributed by atoms with Gasteiger partial charge in [-0.05, 0) is 37.0 Å². The molecule has 1 aromatic rings. The SMILES string of the molecule is C=CC[C@@H]1C[C@@H](c2ccc(OS(=O)(=O)C(F)(F)F)c(C)c2)NC1=O. The first-order valence-corrected chi connectivity index (χ1v) is 8.48. The molecule has 0 bridgehead atoms. The van der Waals surface area contributed by atoms with Gasteiger partial charge in [0.25, 0.3) is 0 Å². The van der Waals surface area contributed by atoms with Crippen LogP contribution in [0, 0.1) is 12.8 Å². The Morgan fingerprint density at radius 2 is 2.08 bits per heavy atom. The van der Waals surface area contributed by atoms with Crippen molar-refractivity contribution in [2.45, 2.75) is 31.3 Å². The van der Waals surface area contributed by atoms with Gasteiger partial charge in [-0.3, -0.25) is 4.79 Å². The number of rotatable bonds is 5. The van der Waals surface area contributed by atoms with Gasteiger partial charge >= 0.3 is 15.6 Å². The van der Waals surface area contributed by atoms with Crippen molar-refractivity contribution in [2.75, 3.05) is 0 Å². The van der Waals surface area contributed by atoms with Gasteiger partial charge in [-0.2, -0.15) is 21.6 Å². The minimum absolute atomic E-state index is 0.113. The molecule has 1 aliphatic heterocycles.